The molecule has 0 saturated heterocycles. The van der Waals surface area contributed by atoms with E-state index >= 15 is 0 Å². The lowest BCUT2D eigenvalue weighted by Crippen LogP contribution is -2.00. The molecule has 0 bridgehead atoms. The fraction of sp³-hybridized carbons (Fsp3) is 0.111. The summed E-state index contributed by atoms with van der Waals surface area (Å²) in [7, 11) is 1.55. The molecule has 1 N–H and O–H groups in total. The van der Waals surface area contributed by atoms with Gasteiger partial charge in [-0.1, -0.05) is 18.2 Å². The topological polar surface area (TPSA) is 56.1 Å². The van der Waals surface area contributed by atoms with Crippen LogP contribution in [-0.2, 0) is 0 Å². The van der Waals surface area contributed by atoms with Crippen molar-refractivity contribution in [2.24, 2.45) is 0 Å². The van der Waals surface area contributed by atoms with Crippen LogP contribution in [0.2, 0.25) is 0 Å². The Labute approximate surface area is 134 Å². The summed E-state index contributed by atoms with van der Waals surface area (Å²) < 4.78 is 6.99. The molecule has 5 heteroatoms. The molecule has 23 heavy (non-hydrogen) atoms. The Morgan fingerprint density at radius 2 is 1.91 bits per heavy atom. The Hall–Kier alpha value is -3.08. The Balaban J connectivity index is 1.84. The van der Waals surface area contributed by atoms with Crippen LogP contribution >= 0.6 is 0 Å². The van der Waals surface area contributed by atoms with E-state index in [0.717, 1.165) is 11.4 Å². The van der Waals surface area contributed by atoms with Crippen molar-refractivity contribution in [2.75, 3.05) is 12.4 Å². The number of hydrogen-bond donors (Lipinski definition) is 1. The number of aromatic nitrogens is 2. The second-order valence-corrected chi connectivity index (χ2v) is 5.08. The summed E-state index contributed by atoms with van der Waals surface area (Å²) in [5.74, 6) is 1.23. The van der Waals surface area contributed by atoms with Gasteiger partial charge < -0.3 is 10.1 Å². The van der Waals surface area contributed by atoms with Crippen molar-refractivity contribution >= 4 is 17.3 Å². The van der Waals surface area contributed by atoms with Gasteiger partial charge in [-0.25, -0.2) is 4.68 Å². The number of carbonyl (C=O) groups is 1. The molecule has 3 aromatic rings. The van der Waals surface area contributed by atoms with Crippen molar-refractivity contribution < 1.29 is 9.53 Å². The first kappa shape index (κ1) is 14.8. The Morgan fingerprint density at radius 3 is 2.61 bits per heavy atom. The van der Waals surface area contributed by atoms with E-state index in [9.17, 15) is 4.79 Å². The quantitative estimate of drug-likeness (QED) is 0.728. The molecular weight excluding hydrogens is 290 g/mol. The molecule has 1 heterocycles. The highest BCUT2D eigenvalue weighted by Gasteiger charge is 2.09. The van der Waals surface area contributed by atoms with E-state index in [1.807, 2.05) is 48.7 Å². The third-order valence-electron chi connectivity index (χ3n) is 3.46. The maximum atomic E-state index is 11.7. The van der Waals surface area contributed by atoms with Crippen LogP contribution < -0.4 is 10.1 Å². The van der Waals surface area contributed by atoms with Crippen molar-refractivity contribution in [3.8, 4) is 11.4 Å². The summed E-state index contributed by atoms with van der Waals surface area (Å²) in [6.45, 7) is 1.52. The average Bonchev–Trinajstić information content (AvgIpc) is 3.04. The molecule has 0 unspecified atom stereocenters. The van der Waals surface area contributed by atoms with Gasteiger partial charge in [-0.15, -0.1) is 0 Å². The molecule has 0 spiro atoms. The van der Waals surface area contributed by atoms with Crippen LogP contribution in [0.3, 0.4) is 0 Å². The minimum atomic E-state index is -0.0414. The van der Waals surface area contributed by atoms with Crippen molar-refractivity contribution in [3.05, 3.63) is 66.4 Å². The van der Waals surface area contributed by atoms with E-state index in [1.165, 1.54) is 6.92 Å². The second kappa shape index (κ2) is 6.36. The number of nitrogens with one attached hydrogen (secondary N) is 1. The average molecular weight is 307 g/mol. The smallest absolute Gasteiger partial charge is 0.163 e. The molecule has 5 nitrogen and oxygen atoms in total. The number of rotatable bonds is 5. The molecule has 116 valence electrons. The molecule has 0 aliphatic carbocycles. The molecule has 0 radical (unpaired) electrons. The highest BCUT2D eigenvalue weighted by atomic mass is 16.5. The van der Waals surface area contributed by atoms with Gasteiger partial charge in [0, 0.05) is 18.0 Å². The third-order valence-corrected chi connectivity index (χ3v) is 3.46. The number of ether oxygens (including phenoxy) is 1. The standard InChI is InChI=1S/C18H17N3O2/c1-13(22)16-12-14(8-9-17(16)23-2)19-18-10-11-21(20-18)15-6-4-3-5-7-15/h3-12H,1-2H3,(H,19,20). The number of carbonyl (C=O) groups excluding carboxylic acids is 1. The number of Topliss-reactive ketones (excluding diaryl/α,β-unsaturated/α-hetero) is 1. The van der Waals surface area contributed by atoms with E-state index in [1.54, 1.807) is 23.9 Å². The molecule has 0 aliphatic rings. The van der Waals surface area contributed by atoms with E-state index in [4.69, 9.17) is 4.74 Å². The SMILES string of the molecule is COc1ccc(Nc2ccn(-c3ccccc3)n2)cc1C(C)=O. The van der Waals surface area contributed by atoms with E-state index in [2.05, 4.69) is 10.4 Å². The van der Waals surface area contributed by atoms with Crippen LogP contribution in [0.1, 0.15) is 17.3 Å². The zero-order valence-electron chi connectivity index (χ0n) is 13.0. The zero-order valence-corrected chi connectivity index (χ0v) is 13.0. The number of anilines is 2. The van der Waals surface area contributed by atoms with Gasteiger partial charge in [0.25, 0.3) is 0 Å². The molecule has 3 rings (SSSR count). The minimum Gasteiger partial charge on any atom is -0.496 e. The van der Waals surface area contributed by atoms with Crippen LogP contribution in [0.5, 0.6) is 5.75 Å². The predicted octanol–water partition coefficient (Wildman–Crippen LogP) is 3.83. The summed E-state index contributed by atoms with van der Waals surface area (Å²) in [6, 6.07) is 17.1. The lowest BCUT2D eigenvalue weighted by Gasteiger charge is -2.09. The summed E-state index contributed by atoms with van der Waals surface area (Å²) in [5.41, 5.74) is 2.31. The summed E-state index contributed by atoms with van der Waals surface area (Å²) >= 11 is 0. The fourth-order valence-corrected chi connectivity index (χ4v) is 2.32. The van der Waals surface area contributed by atoms with E-state index in [0.29, 0.717) is 17.1 Å². The van der Waals surface area contributed by atoms with Gasteiger partial charge in [0.15, 0.2) is 11.6 Å². The summed E-state index contributed by atoms with van der Waals surface area (Å²) in [4.78, 5) is 11.7. The molecule has 0 fully saturated rings. The molecule has 0 atom stereocenters. The van der Waals surface area contributed by atoms with Gasteiger partial charge in [-0.3, -0.25) is 4.79 Å². The largest absolute Gasteiger partial charge is 0.496 e. The Bertz CT molecular complexity index is 825. The van der Waals surface area contributed by atoms with Crippen LogP contribution in [0.25, 0.3) is 5.69 Å². The van der Waals surface area contributed by atoms with E-state index in [-0.39, 0.29) is 5.78 Å². The number of hydrogen-bond acceptors (Lipinski definition) is 4. The van der Waals surface area contributed by atoms with Gasteiger partial charge >= 0.3 is 0 Å². The molecule has 0 amide bonds. The monoisotopic (exact) mass is 307 g/mol. The fourth-order valence-electron chi connectivity index (χ4n) is 2.32. The second-order valence-electron chi connectivity index (χ2n) is 5.08. The van der Waals surface area contributed by atoms with Gasteiger partial charge in [0.2, 0.25) is 0 Å². The van der Waals surface area contributed by atoms with Crippen LogP contribution in [-0.4, -0.2) is 22.7 Å². The highest BCUT2D eigenvalue weighted by Crippen LogP contribution is 2.25. The first-order valence-corrected chi connectivity index (χ1v) is 7.24. The highest BCUT2D eigenvalue weighted by molar-refractivity contribution is 5.97. The zero-order chi connectivity index (χ0) is 16.2. The van der Waals surface area contributed by atoms with Crippen molar-refractivity contribution in [1.29, 1.82) is 0 Å². The molecule has 2 aromatic carbocycles. The van der Waals surface area contributed by atoms with Crippen molar-refractivity contribution in [2.45, 2.75) is 6.92 Å². The van der Waals surface area contributed by atoms with Crippen molar-refractivity contribution in [1.82, 2.24) is 9.78 Å². The first-order valence-electron chi connectivity index (χ1n) is 7.24. The lowest BCUT2D eigenvalue weighted by atomic mass is 10.1. The molecule has 0 saturated carbocycles. The number of methoxy groups -OCH3 is 1. The van der Waals surface area contributed by atoms with Gasteiger partial charge in [0.1, 0.15) is 5.75 Å². The number of benzene rings is 2. The van der Waals surface area contributed by atoms with Crippen LogP contribution in [0.4, 0.5) is 11.5 Å². The Morgan fingerprint density at radius 1 is 1.13 bits per heavy atom. The molecule has 0 aliphatic heterocycles. The Kier molecular flexibility index (Phi) is 4.10. The number of ketones is 1. The third kappa shape index (κ3) is 3.23. The lowest BCUT2D eigenvalue weighted by molar-refractivity contribution is 0.101. The van der Waals surface area contributed by atoms with Crippen LogP contribution in [0.15, 0.2) is 60.8 Å². The first-order chi connectivity index (χ1) is 11.2. The van der Waals surface area contributed by atoms with Crippen molar-refractivity contribution in [3.63, 3.8) is 0 Å². The number of nitrogens with zero attached hydrogens (tertiary/aromatic N) is 2. The van der Waals surface area contributed by atoms with Gasteiger partial charge in [-0.2, -0.15) is 5.10 Å². The number of para-hydroxylation sites is 1. The minimum absolute atomic E-state index is 0.0414. The molecule has 1 aromatic heterocycles. The predicted molar refractivity (Wildman–Crippen MR) is 89.8 cm³/mol. The van der Waals surface area contributed by atoms with Gasteiger partial charge in [-0.05, 0) is 37.3 Å². The van der Waals surface area contributed by atoms with Gasteiger partial charge in [0.05, 0.1) is 18.4 Å². The maximum Gasteiger partial charge on any atom is 0.163 e. The summed E-state index contributed by atoms with van der Waals surface area (Å²) in [5, 5.41) is 7.68. The summed E-state index contributed by atoms with van der Waals surface area (Å²) in [6.07, 6.45) is 1.88. The van der Waals surface area contributed by atoms with Crippen LogP contribution in [0, 0.1) is 0 Å². The maximum absolute atomic E-state index is 11.7. The molecular formula is C18H17N3O2. The van der Waals surface area contributed by atoms with E-state index < -0.39 is 0 Å². The normalized spacial score (nSPS) is 10.3.